The zero-order valence-corrected chi connectivity index (χ0v) is 9.57. The standard InChI is InChI=1S/C11H11ClN4/c1-8-3-2-4-9(15-8)5-14-11-7-13-6-10(12)16-11/h2-4,6-7H,5H2,1H3,(H,14,16). The van der Waals surface area contributed by atoms with Gasteiger partial charge in [0.1, 0.15) is 11.0 Å². The second-order valence-electron chi connectivity index (χ2n) is 3.35. The highest BCUT2D eigenvalue weighted by molar-refractivity contribution is 6.29. The van der Waals surface area contributed by atoms with E-state index in [2.05, 4.69) is 20.3 Å². The van der Waals surface area contributed by atoms with Gasteiger partial charge in [0.05, 0.1) is 24.6 Å². The number of aromatic nitrogens is 3. The van der Waals surface area contributed by atoms with Gasteiger partial charge in [0.25, 0.3) is 0 Å². The Balaban J connectivity index is 2.02. The van der Waals surface area contributed by atoms with E-state index in [1.54, 1.807) is 6.20 Å². The van der Waals surface area contributed by atoms with Crippen molar-refractivity contribution in [2.24, 2.45) is 0 Å². The number of nitrogens with one attached hydrogen (secondary N) is 1. The van der Waals surface area contributed by atoms with Crippen molar-refractivity contribution < 1.29 is 0 Å². The van der Waals surface area contributed by atoms with Crippen molar-refractivity contribution in [3.63, 3.8) is 0 Å². The number of aryl methyl sites for hydroxylation is 1. The Morgan fingerprint density at radius 3 is 2.88 bits per heavy atom. The largest absolute Gasteiger partial charge is 0.363 e. The van der Waals surface area contributed by atoms with Crippen LogP contribution in [0.3, 0.4) is 0 Å². The molecule has 5 heteroatoms. The third-order valence-electron chi connectivity index (χ3n) is 2.00. The summed E-state index contributed by atoms with van der Waals surface area (Å²) in [6.45, 7) is 2.57. The summed E-state index contributed by atoms with van der Waals surface area (Å²) < 4.78 is 0. The van der Waals surface area contributed by atoms with Gasteiger partial charge in [0, 0.05) is 5.69 Å². The average Bonchev–Trinajstić information content (AvgIpc) is 2.27. The van der Waals surface area contributed by atoms with Crippen molar-refractivity contribution >= 4 is 17.4 Å². The van der Waals surface area contributed by atoms with Crippen LogP contribution >= 0.6 is 11.6 Å². The lowest BCUT2D eigenvalue weighted by molar-refractivity contribution is 0.998. The molecular formula is C11H11ClN4. The van der Waals surface area contributed by atoms with Crippen LogP contribution in [0.4, 0.5) is 5.82 Å². The smallest absolute Gasteiger partial charge is 0.149 e. The van der Waals surface area contributed by atoms with E-state index in [0.29, 0.717) is 17.5 Å². The van der Waals surface area contributed by atoms with Gasteiger partial charge in [-0.05, 0) is 19.1 Å². The molecule has 2 rings (SSSR count). The van der Waals surface area contributed by atoms with Crippen molar-refractivity contribution in [1.82, 2.24) is 15.0 Å². The van der Waals surface area contributed by atoms with Crippen molar-refractivity contribution in [2.45, 2.75) is 13.5 Å². The predicted octanol–water partition coefficient (Wildman–Crippen LogP) is 2.45. The molecule has 0 unspecified atom stereocenters. The first kappa shape index (κ1) is 10.8. The summed E-state index contributed by atoms with van der Waals surface area (Å²) in [5, 5.41) is 3.49. The average molecular weight is 235 g/mol. The molecule has 2 aromatic heterocycles. The van der Waals surface area contributed by atoms with E-state index >= 15 is 0 Å². The molecule has 4 nitrogen and oxygen atoms in total. The van der Waals surface area contributed by atoms with Crippen LogP contribution in [0.15, 0.2) is 30.6 Å². The van der Waals surface area contributed by atoms with Gasteiger partial charge in [-0.1, -0.05) is 17.7 Å². The SMILES string of the molecule is Cc1cccc(CNc2cncc(Cl)n2)n1. The van der Waals surface area contributed by atoms with Crippen molar-refractivity contribution in [1.29, 1.82) is 0 Å². The Morgan fingerprint density at radius 1 is 1.25 bits per heavy atom. The van der Waals surface area contributed by atoms with Crippen LogP contribution in [0.1, 0.15) is 11.4 Å². The molecule has 0 bridgehead atoms. The summed E-state index contributed by atoms with van der Waals surface area (Å²) >= 11 is 5.72. The summed E-state index contributed by atoms with van der Waals surface area (Å²) in [6.07, 6.45) is 3.12. The van der Waals surface area contributed by atoms with Crippen LogP contribution in [0.25, 0.3) is 0 Å². The van der Waals surface area contributed by atoms with Gasteiger partial charge in [-0.3, -0.25) is 9.97 Å². The molecular weight excluding hydrogens is 224 g/mol. The molecule has 1 N–H and O–H groups in total. The van der Waals surface area contributed by atoms with Crippen molar-refractivity contribution in [3.05, 3.63) is 47.1 Å². The Labute approximate surface area is 98.7 Å². The van der Waals surface area contributed by atoms with E-state index in [0.717, 1.165) is 11.4 Å². The third-order valence-corrected chi connectivity index (χ3v) is 2.18. The van der Waals surface area contributed by atoms with E-state index < -0.39 is 0 Å². The maximum Gasteiger partial charge on any atom is 0.149 e. The molecule has 0 aliphatic heterocycles. The van der Waals surface area contributed by atoms with Gasteiger partial charge < -0.3 is 5.32 Å². The molecule has 0 saturated heterocycles. The summed E-state index contributed by atoms with van der Waals surface area (Å²) in [4.78, 5) is 12.4. The lowest BCUT2D eigenvalue weighted by Gasteiger charge is -2.05. The Kier molecular flexibility index (Phi) is 3.31. The summed E-state index contributed by atoms with van der Waals surface area (Å²) in [5.74, 6) is 0.649. The first-order valence-corrected chi connectivity index (χ1v) is 5.26. The Bertz CT molecular complexity index is 441. The number of pyridine rings is 1. The topological polar surface area (TPSA) is 50.7 Å². The summed E-state index contributed by atoms with van der Waals surface area (Å²) in [6, 6.07) is 5.89. The van der Waals surface area contributed by atoms with Gasteiger partial charge >= 0.3 is 0 Å². The second kappa shape index (κ2) is 4.90. The Morgan fingerprint density at radius 2 is 2.12 bits per heavy atom. The quantitative estimate of drug-likeness (QED) is 0.886. The highest BCUT2D eigenvalue weighted by Crippen LogP contribution is 2.08. The van der Waals surface area contributed by atoms with Crippen LogP contribution in [-0.2, 0) is 6.54 Å². The molecule has 82 valence electrons. The molecule has 0 aliphatic rings. The zero-order valence-electron chi connectivity index (χ0n) is 8.81. The first-order chi connectivity index (χ1) is 7.74. The highest BCUT2D eigenvalue weighted by atomic mass is 35.5. The molecule has 0 aromatic carbocycles. The number of anilines is 1. The fourth-order valence-corrected chi connectivity index (χ4v) is 1.45. The number of rotatable bonds is 3. The molecule has 2 aromatic rings. The third kappa shape index (κ3) is 2.90. The van der Waals surface area contributed by atoms with Gasteiger partial charge in [0.15, 0.2) is 0 Å². The van der Waals surface area contributed by atoms with Gasteiger partial charge in [-0.2, -0.15) is 0 Å². The van der Waals surface area contributed by atoms with E-state index in [-0.39, 0.29) is 0 Å². The monoisotopic (exact) mass is 234 g/mol. The minimum atomic E-state index is 0.377. The maximum atomic E-state index is 5.72. The van der Waals surface area contributed by atoms with Crippen molar-refractivity contribution in [3.8, 4) is 0 Å². The number of halogens is 1. The van der Waals surface area contributed by atoms with Crippen molar-refractivity contribution in [2.75, 3.05) is 5.32 Å². The zero-order chi connectivity index (χ0) is 11.4. The van der Waals surface area contributed by atoms with Crippen LogP contribution in [0, 0.1) is 6.92 Å². The number of nitrogens with zero attached hydrogens (tertiary/aromatic N) is 3. The fraction of sp³-hybridized carbons (Fsp3) is 0.182. The fourth-order valence-electron chi connectivity index (χ4n) is 1.31. The molecule has 16 heavy (non-hydrogen) atoms. The number of hydrogen-bond acceptors (Lipinski definition) is 4. The minimum absolute atomic E-state index is 0.377. The minimum Gasteiger partial charge on any atom is -0.363 e. The molecule has 0 aliphatic carbocycles. The van der Waals surface area contributed by atoms with Crippen LogP contribution in [0.5, 0.6) is 0 Å². The van der Waals surface area contributed by atoms with E-state index in [9.17, 15) is 0 Å². The summed E-state index contributed by atoms with van der Waals surface area (Å²) in [7, 11) is 0. The predicted molar refractivity (Wildman–Crippen MR) is 63.3 cm³/mol. The van der Waals surface area contributed by atoms with Crippen LogP contribution < -0.4 is 5.32 Å². The molecule has 0 amide bonds. The van der Waals surface area contributed by atoms with E-state index in [1.165, 1.54) is 6.20 Å². The Hall–Kier alpha value is -1.68. The molecule has 2 heterocycles. The lowest BCUT2D eigenvalue weighted by Crippen LogP contribution is -2.04. The molecule has 0 atom stereocenters. The lowest BCUT2D eigenvalue weighted by atomic mass is 10.3. The first-order valence-electron chi connectivity index (χ1n) is 4.88. The molecule has 0 radical (unpaired) electrons. The normalized spacial score (nSPS) is 10.1. The van der Waals surface area contributed by atoms with Gasteiger partial charge in [-0.15, -0.1) is 0 Å². The maximum absolute atomic E-state index is 5.72. The molecule has 0 spiro atoms. The number of hydrogen-bond donors (Lipinski definition) is 1. The van der Waals surface area contributed by atoms with Gasteiger partial charge in [-0.25, -0.2) is 4.98 Å². The van der Waals surface area contributed by atoms with Gasteiger partial charge in [0.2, 0.25) is 0 Å². The highest BCUT2D eigenvalue weighted by Gasteiger charge is 1.98. The van der Waals surface area contributed by atoms with E-state index in [1.807, 2.05) is 25.1 Å². The van der Waals surface area contributed by atoms with Crippen LogP contribution in [0.2, 0.25) is 5.15 Å². The molecule has 0 fully saturated rings. The summed E-state index contributed by atoms with van der Waals surface area (Å²) in [5.41, 5.74) is 1.96. The second-order valence-corrected chi connectivity index (χ2v) is 3.74. The van der Waals surface area contributed by atoms with Crippen LogP contribution in [-0.4, -0.2) is 15.0 Å². The molecule has 0 saturated carbocycles. The van der Waals surface area contributed by atoms with E-state index in [4.69, 9.17) is 11.6 Å².